The highest BCUT2D eigenvalue weighted by Crippen LogP contribution is 2.08. The van der Waals surface area contributed by atoms with E-state index >= 15 is 0 Å². The van der Waals surface area contributed by atoms with E-state index in [0.717, 1.165) is 17.8 Å². The maximum absolute atomic E-state index is 12.3. The summed E-state index contributed by atoms with van der Waals surface area (Å²) in [5, 5.41) is 2.99. The molecule has 0 aliphatic carbocycles. The summed E-state index contributed by atoms with van der Waals surface area (Å²) in [6.07, 6.45) is 10.9. The molecule has 0 unspecified atom stereocenters. The first-order valence-corrected chi connectivity index (χ1v) is 8.14. The summed E-state index contributed by atoms with van der Waals surface area (Å²) in [5.41, 5.74) is 6.21. The lowest BCUT2D eigenvalue weighted by Crippen LogP contribution is -2.40. The normalized spacial score (nSPS) is 12.1. The van der Waals surface area contributed by atoms with Crippen molar-refractivity contribution in [2.45, 2.75) is 46.5 Å². The second-order valence-corrected chi connectivity index (χ2v) is 5.92. The Kier molecular flexibility index (Phi) is 8.23. The Balaban J connectivity index is 2.71. The number of rotatable bonds is 8. The highest BCUT2D eigenvalue weighted by molar-refractivity contribution is 5.96. The number of unbranched alkanes of at least 4 members (excludes halogenated alkanes) is 3. The molecule has 0 saturated carbocycles. The Labute approximate surface area is 134 Å². The summed E-state index contributed by atoms with van der Waals surface area (Å²) < 4.78 is 0. The summed E-state index contributed by atoms with van der Waals surface area (Å²) in [5.74, 6) is 0.297. The fraction of sp³-hybridized carbons (Fsp3) is 0.421. The van der Waals surface area contributed by atoms with E-state index in [0.29, 0.717) is 11.5 Å². The topological polar surface area (TPSA) is 56.7 Å². The van der Waals surface area contributed by atoms with Gasteiger partial charge in [0.05, 0.1) is 0 Å². The van der Waals surface area contributed by atoms with Crippen LogP contribution in [-0.4, -0.2) is 5.91 Å². The van der Waals surface area contributed by atoms with E-state index in [4.69, 9.17) is 0 Å². The van der Waals surface area contributed by atoms with Crippen LogP contribution in [0.15, 0.2) is 48.2 Å². The Morgan fingerprint density at radius 3 is 2.73 bits per heavy atom. The number of carbonyl (C=O) groups excluding carboxylic acids is 1. The van der Waals surface area contributed by atoms with Crippen molar-refractivity contribution in [3.05, 3.63) is 53.8 Å². The summed E-state index contributed by atoms with van der Waals surface area (Å²) in [6, 6.07) is 7.34. The molecule has 0 radical (unpaired) electrons. The van der Waals surface area contributed by atoms with E-state index in [-0.39, 0.29) is 5.91 Å². The highest BCUT2D eigenvalue weighted by atomic mass is 16.1. The van der Waals surface area contributed by atoms with Crippen LogP contribution < -0.4 is 11.1 Å². The molecule has 120 valence electrons. The van der Waals surface area contributed by atoms with E-state index in [1.54, 1.807) is 6.07 Å². The first kappa shape index (κ1) is 18.2. The van der Waals surface area contributed by atoms with Crippen molar-refractivity contribution in [1.82, 2.24) is 5.32 Å². The summed E-state index contributed by atoms with van der Waals surface area (Å²) in [6.45, 7) is 6.41. The van der Waals surface area contributed by atoms with E-state index < -0.39 is 0 Å². The molecular weight excluding hydrogens is 272 g/mol. The third kappa shape index (κ3) is 7.23. The first-order valence-electron chi connectivity index (χ1n) is 8.14. The molecule has 1 aromatic rings. The van der Waals surface area contributed by atoms with Gasteiger partial charge in [-0.2, -0.15) is 0 Å². The summed E-state index contributed by atoms with van der Waals surface area (Å²) in [4.78, 5) is 12.3. The van der Waals surface area contributed by atoms with Gasteiger partial charge in [-0.25, -0.2) is 0 Å². The third-order valence-corrected chi connectivity index (χ3v) is 3.23. The van der Waals surface area contributed by atoms with Gasteiger partial charge in [0.15, 0.2) is 0 Å². The number of carbonyl (C=O) groups is 1. The molecule has 3 heteroatoms. The smallest absolute Gasteiger partial charge is 0.255 e. The van der Waals surface area contributed by atoms with Crippen LogP contribution in [-0.2, 0) is 0 Å². The van der Waals surface area contributed by atoms with E-state index in [2.05, 4.69) is 44.0 Å². The molecule has 0 heterocycles. The SMILES string of the molecule is CCCCC/C=C\C(=C/C(C)C)NC(=O)c1cccc([NH3+])c1. The monoisotopic (exact) mass is 301 g/mol. The average molecular weight is 301 g/mol. The summed E-state index contributed by atoms with van der Waals surface area (Å²) in [7, 11) is 0. The minimum absolute atomic E-state index is 0.0874. The van der Waals surface area contributed by atoms with Crippen LogP contribution in [0.25, 0.3) is 0 Å². The van der Waals surface area contributed by atoms with Crippen molar-refractivity contribution < 1.29 is 10.5 Å². The lowest BCUT2D eigenvalue weighted by Gasteiger charge is -2.08. The van der Waals surface area contributed by atoms with Gasteiger partial charge in [-0.05, 0) is 37.0 Å². The second kappa shape index (κ2) is 9.96. The number of amides is 1. The number of allylic oxidation sites excluding steroid dienone is 3. The molecule has 0 atom stereocenters. The van der Waals surface area contributed by atoms with Crippen molar-refractivity contribution in [2.75, 3.05) is 0 Å². The van der Waals surface area contributed by atoms with Crippen LogP contribution in [0, 0.1) is 5.92 Å². The molecule has 0 spiro atoms. The van der Waals surface area contributed by atoms with Crippen LogP contribution >= 0.6 is 0 Å². The molecular formula is C19H29N2O+. The zero-order valence-electron chi connectivity index (χ0n) is 14.1. The zero-order chi connectivity index (χ0) is 16.4. The largest absolute Gasteiger partial charge is 0.325 e. The maximum atomic E-state index is 12.3. The van der Waals surface area contributed by atoms with Gasteiger partial charge in [0, 0.05) is 17.3 Å². The maximum Gasteiger partial charge on any atom is 0.255 e. The second-order valence-electron chi connectivity index (χ2n) is 5.92. The molecule has 0 aliphatic rings. The number of hydrogen-bond donors (Lipinski definition) is 2. The predicted molar refractivity (Wildman–Crippen MR) is 92.7 cm³/mol. The van der Waals surface area contributed by atoms with Crippen molar-refractivity contribution in [2.24, 2.45) is 5.92 Å². The van der Waals surface area contributed by atoms with Crippen molar-refractivity contribution in [3.63, 3.8) is 0 Å². The van der Waals surface area contributed by atoms with Gasteiger partial charge in [0.2, 0.25) is 0 Å². The van der Waals surface area contributed by atoms with E-state index in [9.17, 15) is 4.79 Å². The van der Waals surface area contributed by atoms with Gasteiger partial charge in [-0.15, -0.1) is 0 Å². The molecule has 0 aliphatic heterocycles. The van der Waals surface area contributed by atoms with Crippen LogP contribution in [0.3, 0.4) is 0 Å². The van der Waals surface area contributed by atoms with Crippen LogP contribution in [0.4, 0.5) is 5.69 Å². The molecule has 1 amide bonds. The van der Waals surface area contributed by atoms with Crippen LogP contribution in [0.5, 0.6) is 0 Å². The predicted octanol–water partition coefficient (Wildman–Crippen LogP) is 3.97. The number of benzene rings is 1. The highest BCUT2D eigenvalue weighted by Gasteiger charge is 2.07. The van der Waals surface area contributed by atoms with Crippen LogP contribution in [0.2, 0.25) is 0 Å². The third-order valence-electron chi connectivity index (χ3n) is 3.23. The number of nitrogens with one attached hydrogen (secondary N) is 1. The fourth-order valence-corrected chi connectivity index (χ4v) is 2.14. The van der Waals surface area contributed by atoms with Gasteiger partial charge in [0.1, 0.15) is 5.69 Å². The molecule has 0 aromatic heterocycles. The number of hydrogen-bond acceptors (Lipinski definition) is 1. The fourth-order valence-electron chi connectivity index (χ4n) is 2.14. The zero-order valence-corrected chi connectivity index (χ0v) is 14.1. The lowest BCUT2D eigenvalue weighted by atomic mass is 10.1. The number of quaternary nitrogens is 1. The minimum Gasteiger partial charge on any atom is -0.325 e. The quantitative estimate of drug-likeness (QED) is 0.554. The Morgan fingerprint density at radius 1 is 1.32 bits per heavy atom. The molecule has 22 heavy (non-hydrogen) atoms. The molecule has 1 aromatic carbocycles. The Hall–Kier alpha value is -1.87. The van der Waals surface area contributed by atoms with Gasteiger partial charge >= 0.3 is 0 Å². The van der Waals surface area contributed by atoms with E-state index in [1.165, 1.54) is 19.3 Å². The van der Waals surface area contributed by atoms with Gasteiger partial charge < -0.3 is 11.1 Å². The Bertz CT molecular complexity index is 530. The van der Waals surface area contributed by atoms with E-state index in [1.807, 2.05) is 24.3 Å². The Morgan fingerprint density at radius 2 is 2.09 bits per heavy atom. The molecule has 0 bridgehead atoms. The lowest BCUT2D eigenvalue weighted by molar-refractivity contribution is -0.254. The van der Waals surface area contributed by atoms with Crippen LogP contribution in [0.1, 0.15) is 56.8 Å². The van der Waals surface area contributed by atoms with Gasteiger partial charge in [-0.1, -0.05) is 51.8 Å². The van der Waals surface area contributed by atoms with Gasteiger partial charge in [-0.3, -0.25) is 4.79 Å². The molecule has 4 N–H and O–H groups in total. The molecule has 1 rings (SSSR count). The van der Waals surface area contributed by atoms with Crippen molar-refractivity contribution in [1.29, 1.82) is 0 Å². The first-order chi connectivity index (χ1) is 10.5. The molecule has 0 fully saturated rings. The van der Waals surface area contributed by atoms with Crippen molar-refractivity contribution in [3.8, 4) is 0 Å². The standard InChI is InChI=1S/C19H28N2O/c1-4-5-6-7-8-12-18(13-15(2)3)21-19(22)16-10-9-11-17(20)14-16/h8-15H,4-7,20H2,1-3H3,(H,21,22)/p+1/b12-8-,18-13+. The van der Waals surface area contributed by atoms with Gasteiger partial charge in [0.25, 0.3) is 5.91 Å². The average Bonchev–Trinajstić information content (AvgIpc) is 2.46. The minimum atomic E-state index is -0.0874. The van der Waals surface area contributed by atoms with Crippen molar-refractivity contribution >= 4 is 11.6 Å². The molecule has 3 nitrogen and oxygen atoms in total. The summed E-state index contributed by atoms with van der Waals surface area (Å²) >= 11 is 0. The molecule has 0 saturated heterocycles.